The normalized spacial score (nSPS) is 31.5. The quantitative estimate of drug-likeness (QED) is 0.0323. The lowest BCUT2D eigenvalue weighted by atomic mass is 9.55. The standard InChI is InChI=1S/C27H29F3N2O5.C27H33NO5.C25H27F2NO4/c1-26-9-8-17-18-13-24(35-2)23(33)12-20(18)22(11-19(17)21(26)6-7-25(26)31-34)32-36-14-15-4-3-5-16(10-15)37-27(28,29)30;1-27-11-10-18-19-14-25(32-3)24(29)13-21(19)23(12-20(18)22(27)8-9-26(27)30)28-33-15-16-4-6-17(31-2)7-5-16;1-25-5-4-18-17-3-2-16(29)9-20(17)22(10-19(18)21(25)11-23(30)24(25)31)28-32-12-13-6-14(26)8-15(27)7-13/h3-5,10,12-13,17,19,21,33-34H,6-9,11,14H2,1-2H3;4-7,13-14,18,20,22,26,29-30H,8-12,15H2,1-3H3;2-3,6-9,18-19,21,23-24,29-31H,4-5,10-12H2,1H3/b31-25+,32-22+;28-23+;28-22+/t17-,19-,21+,26+;18-,20-,22+,26+,27+;18-,19-,21+,23-,24+,25+/m111/s1. The summed E-state index contributed by atoms with van der Waals surface area (Å²) in [5, 5.41) is 89.4. The molecule has 6 saturated carbocycles. The van der Waals surface area contributed by atoms with Crippen LogP contribution < -0.4 is 18.9 Å². The van der Waals surface area contributed by atoms with Gasteiger partial charge in [-0.25, -0.2) is 8.78 Å². The van der Waals surface area contributed by atoms with Crippen molar-refractivity contribution in [3.8, 4) is 40.2 Å². The first-order valence-corrected chi connectivity index (χ1v) is 35.2. The summed E-state index contributed by atoms with van der Waals surface area (Å²) < 4.78 is 84.7. The number of aliphatic hydroxyl groups excluding tert-OH is 3. The van der Waals surface area contributed by atoms with Crippen LogP contribution in [0, 0.1) is 63.4 Å². The summed E-state index contributed by atoms with van der Waals surface area (Å²) in [6.45, 7) is 6.72. The maximum atomic E-state index is 13.5. The maximum Gasteiger partial charge on any atom is 0.573 e. The third-order valence-electron chi connectivity index (χ3n) is 24.7. The highest BCUT2D eigenvalue weighted by molar-refractivity contribution is 6.05. The molecular weight excluding hydrogens is 1320 g/mol. The molecule has 15 rings (SSSR count). The monoisotopic (exact) mass is 1410 g/mol. The fourth-order valence-electron chi connectivity index (χ4n) is 19.6. The fraction of sp³-hybridized carbons (Fsp3) is 0.494. The van der Waals surface area contributed by atoms with E-state index in [9.17, 15) is 57.8 Å². The van der Waals surface area contributed by atoms with Gasteiger partial charge in [0.25, 0.3) is 0 Å². The van der Waals surface area contributed by atoms with E-state index in [1.54, 1.807) is 44.6 Å². The number of phenols is 3. The molecule has 7 N–H and O–H groups in total. The van der Waals surface area contributed by atoms with Gasteiger partial charge < -0.3 is 69.3 Å². The Kier molecular flexibility index (Phi) is 20.3. The molecule has 544 valence electrons. The molecule has 23 heteroatoms. The van der Waals surface area contributed by atoms with Crippen LogP contribution in [0.1, 0.15) is 178 Å². The number of alkyl halides is 3. The number of methoxy groups -OCH3 is 3. The lowest BCUT2D eigenvalue weighted by Gasteiger charge is -2.50. The Morgan fingerprint density at radius 1 is 0.510 bits per heavy atom. The van der Waals surface area contributed by atoms with Crippen LogP contribution in [0.5, 0.6) is 40.2 Å². The summed E-state index contributed by atoms with van der Waals surface area (Å²) >= 11 is 0. The molecule has 6 fully saturated rings. The number of benzene rings is 6. The van der Waals surface area contributed by atoms with Gasteiger partial charge in [0.2, 0.25) is 0 Å². The molecule has 6 aromatic carbocycles. The first-order chi connectivity index (χ1) is 48.8. The van der Waals surface area contributed by atoms with Crippen molar-refractivity contribution in [1.29, 1.82) is 0 Å². The highest BCUT2D eigenvalue weighted by atomic mass is 19.4. The van der Waals surface area contributed by atoms with Crippen molar-refractivity contribution in [3.63, 3.8) is 0 Å². The predicted octanol–water partition coefficient (Wildman–Crippen LogP) is 15.6. The SMILES string of the molecule is COc1cc2c(cc1O)/C(=N/OCc1cccc(OC(F)(F)F)c1)C[C@@H]1[C@@H]2CC[C@]2(C)/C(=N/O)CC[C@@H]12.COc1ccc(CO/N=C2\C[C@@H]3[C@H](CC[C@]4(C)[C@@H](O)CC[C@@H]34)c3cc(OC)c(O)cc32)cc1.C[C@]12CC[C@@H]3c4ccc(O)cc4/C(=N/OCc4cc(F)cc(F)c4)C[C@H]3[C@@H]1C[C@@H](O)[C@@H]2O. The van der Waals surface area contributed by atoms with Gasteiger partial charge in [0, 0.05) is 28.2 Å². The number of phenolic OH excluding ortho intramolecular Hbond substituents is 3. The number of ether oxygens (including phenoxy) is 4. The van der Waals surface area contributed by atoms with E-state index in [2.05, 4.69) is 46.1 Å². The van der Waals surface area contributed by atoms with Crippen LogP contribution >= 0.6 is 0 Å². The smallest absolute Gasteiger partial charge is 0.508 e. The topological polar surface area (TPSA) is 256 Å². The van der Waals surface area contributed by atoms with E-state index in [-0.39, 0.29) is 88.2 Å². The number of oxime groups is 4. The molecule has 6 aromatic rings. The van der Waals surface area contributed by atoms with E-state index in [0.717, 1.165) is 127 Å². The number of nitrogens with zero attached hydrogens (tertiary/aromatic N) is 4. The van der Waals surface area contributed by atoms with Crippen LogP contribution in [0.15, 0.2) is 130 Å². The first-order valence-electron chi connectivity index (χ1n) is 35.2. The Morgan fingerprint density at radius 2 is 1.05 bits per heavy atom. The molecular formula is C79H89F5N4O14. The van der Waals surface area contributed by atoms with Gasteiger partial charge >= 0.3 is 6.36 Å². The minimum atomic E-state index is -4.78. The number of halogens is 5. The van der Waals surface area contributed by atoms with Crippen molar-refractivity contribution in [3.05, 3.63) is 171 Å². The summed E-state index contributed by atoms with van der Waals surface area (Å²) in [4.78, 5) is 16.9. The van der Waals surface area contributed by atoms with E-state index in [1.165, 1.54) is 43.0 Å². The van der Waals surface area contributed by atoms with Crippen LogP contribution in [-0.4, -0.2) is 105 Å². The van der Waals surface area contributed by atoms with Gasteiger partial charge in [-0.3, -0.25) is 0 Å². The van der Waals surface area contributed by atoms with Gasteiger partial charge in [-0.1, -0.05) is 71.7 Å². The third-order valence-corrected chi connectivity index (χ3v) is 24.7. The zero-order valence-electron chi connectivity index (χ0n) is 58.0. The van der Waals surface area contributed by atoms with Gasteiger partial charge in [0.1, 0.15) is 48.7 Å². The molecule has 9 aliphatic carbocycles. The van der Waals surface area contributed by atoms with Crippen LogP contribution in [0.2, 0.25) is 0 Å². The molecule has 15 atom stereocenters. The molecule has 0 radical (unpaired) electrons. The molecule has 0 saturated heterocycles. The highest BCUT2D eigenvalue weighted by Crippen LogP contribution is 2.64. The molecule has 0 aromatic heterocycles. The van der Waals surface area contributed by atoms with Crippen molar-refractivity contribution in [2.75, 3.05) is 21.3 Å². The second-order valence-electron chi connectivity index (χ2n) is 30.0. The minimum absolute atomic E-state index is 0.000569. The van der Waals surface area contributed by atoms with Gasteiger partial charge in [0.05, 0.1) is 62.5 Å². The van der Waals surface area contributed by atoms with Gasteiger partial charge in [-0.05, 0) is 260 Å². The van der Waals surface area contributed by atoms with E-state index < -0.39 is 30.2 Å². The first kappa shape index (κ1) is 71.7. The number of hydrogen-bond acceptors (Lipinski definition) is 18. The van der Waals surface area contributed by atoms with Crippen LogP contribution in [0.4, 0.5) is 22.0 Å². The summed E-state index contributed by atoms with van der Waals surface area (Å²) in [6.07, 6.45) is 5.19. The summed E-state index contributed by atoms with van der Waals surface area (Å²) in [5.74, 6) is 2.80. The van der Waals surface area contributed by atoms with Gasteiger partial charge in [-0.15, -0.1) is 13.2 Å². The average molecular weight is 1410 g/mol. The molecule has 0 spiro atoms. The number of fused-ring (bicyclic) bond motifs is 15. The molecule has 0 bridgehead atoms. The second-order valence-corrected chi connectivity index (χ2v) is 30.0. The Labute approximate surface area is 589 Å². The molecule has 0 amide bonds. The summed E-state index contributed by atoms with van der Waals surface area (Å²) in [6, 6.07) is 29.1. The minimum Gasteiger partial charge on any atom is -0.508 e. The van der Waals surface area contributed by atoms with Crippen molar-refractivity contribution < 1.29 is 91.3 Å². The molecule has 0 aliphatic heterocycles. The Bertz CT molecular complexity index is 4190. The molecule has 102 heavy (non-hydrogen) atoms. The maximum absolute atomic E-state index is 13.5. The van der Waals surface area contributed by atoms with E-state index >= 15 is 0 Å². The summed E-state index contributed by atoms with van der Waals surface area (Å²) in [7, 11) is 4.74. The lowest BCUT2D eigenvalue weighted by Crippen LogP contribution is -2.45. The predicted molar refractivity (Wildman–Crippen MR) is 369 cm³/mol. The second kappa shape index (κ2) is 28.9. The lowest BCUT2D eigenvalue weighted by molar-refractivity contribution is -0.274. The average Bonchev–Trinajstić information content (AvgIpc) is 1.49. The van der Waals surface area contributed by atoms with Crippen molar-refractivity contribution in [1.82, 2.24) is 0 Å². The molecule has 0 unspecified atom stereocenters. The van der Waals surface area contributed by atoms with Gasteiger partial charge in [-0.2, -0.15) is 0 Å². The molecule has 18 nitrogen and oxygen atoms in total. The number of rotatable bonds is 13. The highest BCUT2D eigenvalue weighted by Gasteiger charge is 2.60. The summed E-state index contributed by atoms with van der Waals surface area (Å²) in [5.41, 5.74) is 10.1. The largest absolute Gasteiger partial charge is 0.573 e. The van der Waals surface area contributed by atoms with E-state index in [0.29, 0.717) is 83.6 Å². The van der Waals surface area contributed by atoms with Crippen molar-refractivity contribution in [2.24, 2.45) is 72.4 Å². The van der Waals surface area contributed by atoms with Crippen LogP contribution in [-0.2, 0) is 34.3 Å². The Morgan fingerprint density at radius 3 is 1.63 bits per heavy atom. The molecule has 0 heterocycles. The van der Waals surface area contributed by atoms with Crippen molar-refractivity contribution in [2.45, 2.75) is 173 Å². The number of aliphatic hydroxyl groups is 3. The Hall–Kier alpha value is -8.67. The van der Waals surface area contributed by atoms with Crippen LogP contribution in [0.3, 0.4) is 0 Å². The number of aromatic hydroxyl groups is 3. The van der Waals surface area contributed by atoms with Crippen LogP contribution in [0.25, 0.3) is 0 Å². The zero-order valence-corrected chi connectivity index (χ0v) is 58.0. The Balaban J connectivity index is 0.000000137. The van der Waals surface area contributed by atoms with E-state index in [1.807, 2.05) is 42.5 Å². The van der Waals surface area contributed by atoms with E-state index in [4.69, 9.17) is 28.7 Å². The van der Waals surface area contributed by atoms with Crippen molar-refractivity contribution >= 4 is 22.8 Å². The molecule has 9 aliphatic rings. The third kappa shape index (κ3) is 13.9. The van der Waals surface area contributed by atoms with Gasteiger partial charge in [0.15, 0.2) is 23.0 Å². The zero-order chi connectivity index (χ0) is 72.2. The fourth-order valence-corrected chi connectivity index (χ4v) is 19.6. The number of hydrogen-bond donors (Lipinski definition) is 7.